The Morgan fingerprint density at radius 2 is 0.796 bits per heavy atom. The normalized spacial score (nSPS) is 11.0. The summed E-state index contributed by atoms with van der Waals surface area (Å²) in [6.07, 6.45) is 0. The van der Waals surface area contributed by atoms with Gasteiger partial charge in [0.15, 0.2) is 0 Å². The Labute approximate surface area is 292 Å². The molecule has 0 unspecified atom stereocenters. The molecule has 0 bridgehead atoms. The number of aromatic amines is 2. The molecule has 0 fully saturated rings. The SMILES string of the molecule is COc1ccc(-c2c(-c3ccc(O)cc3)[nH]c3ccc(Cl)cc23)cc1.Oc1ccc(-c2[nH]c3ccc(Cl)cc3c2-c2ccc(O)cc2)cc1. The van der Waals surface area contributed by atoms with Gasteiger partial charge >= 0.3 is 0 Å². The molecule has 8 aromatic rings. The zero-order valence-electron chi connectivity index (χ0n) is 26.2. The zero-order chi connectivity index (χ0) is 34.1. The number of H-pyrrole nitrogens is 2. The van der Waals surface area contributed by atoms with Crippen LogP contribution >= 0.6 is 23.2 Å². The number of phenols is 3. The van der Waals surface area contributed by atoms with Gasteiger partial charge in [0.2, 0.25) is 0 Å². The van der Waals surface area contributed by atoms with Gasteiger partial charge in [0.1, 0.15) is 23.0 Å². The molecule has 8 rings (SSSR count). The summed E-state index contributed by atoms with van der Waals surface area (Å²) in [5.74, 6) is 1.51. The van der Waals surface area contributed by atoms with E-state index in [1.54, 1.807) is 43.5 Å². The number of hydrogen-bond donors (Lipinski definition) is 5. The number of hydrogen-bond acceptors (Lipinski definition) is 4. The second kappa shape index (κ2) is 13.4. The van der Waals surface area contributed by atoms with Gasteiger partial charge in [0, 0.05) is 43.0 Å². The Kier molecular flexibility index (Phi) is 8.66. The van der Waals surface area contributed by atoms with E-state index < -0.39 is 0 Å². The van der Waals surface area contributed by atoms with Crippen LogP contribution in [0.2, 0.25) is 10.0 Å². The highest BCUT2D eigenvalue weighted by molar-refractivity contribution is 6.32. The van der Waals surface area contributed by atoms with Gasteiger partial charge in [-0.15, -0.1) is 0 Å². The summed E-state index contributed by atoms with van der Waals surface area (Å²) >= 11 is 12.4. The number of aromatic nitrogens is 2. The molecular formula is C41H30Cl2N2O4. The maximum Gasteiger partial charge on any atom is 0.118 e. The van der Waals surface area contributed by atoms with E-state index in [0.717, 1.165) is 72.3 Å². The van der Waals surface area contributed by atoms with Crippen LogP contribution in [0.1, 0.15) is 0 Å². The van der Waals surface area contributed by atoms with E-state index in [9.17, 15) is 15.3 Å². The van der Waals surface area contributed by atoms with Gasteiger partial charge in [-0.1, -0.05) is 47.5 Å². The quantitative estimate of drug-likeness (QED) is 0.124. The summed E-state index contributed by atoms with van der Waals surface area (Å²) in [7, 11) is 1.66. The van der Waals surface area contributed by atoms with Crippen molar-refractivity contribution in [3.63, 3.8) is 0 Å². The van der Waals surface area contributed by atoms with E-state index in [2.05, 4.69) is 9.97 Å². The smallest absolute Gasteiger partial charge is 0.118 e. The largest absolute Gasteiger partial charge is 0.508 e. The van der Waals surface area contributed by atoms with Gasteiger partial charge in [-0.25, -0.2) is 0 Å². The molecule has 0 saturated heterocycles. The first-order valence-electron chi connectivity index (χ1n) is 15.4. The minimum atomic E-state index is 0.225. The first-order chi connectivity index (χ1) is 23.8. The number of ether oxygens (including phenoxy) is 1. The molecule has 0 aliphatic heterocycles. The van der Waals surface area contributed by atoms with E-state index in [4.69, 9.17) is 27.9 Å². The molecule has 6 nitrogen and oxygen atoms in total. The lowest BCUT2D eigenvalue weighted by Gasteiger charge is -2.07. The van der Waals surface area contributed by atoms with Gasteiger partial charge in [-0.05, 0) is 131 Å². The molecule has 8 heteroatoms. The van der Waals surface area contributed by atoms with Crippen LogP contribution in [-0.2, 0) is 0 Å². The molecule has 0 aliphatic carbocycles. The molecule has 0 spiro atoms. The van der Waals surface area contributed by atoms with Crippen molar-refractivity contribution in [2.24, 2.45) is 0 Å². The molecule has 0 atom stereocenters. The average Bonchev–Trinajstić information content (AvgIpc) is 3.68. The number of halogens is 2. The number of phenolic OH excluding ortho intramolecular Hbond substituents is 3. The van der Waals surface area contributed by atoms with Gasteiger partial charge < -0.3 is 30.0 Å². The van der Waals surface area contributed by atoms with Crippen LogP contribution in [0.4, 0.5) is 0 Å². The Balaban J connectivity index is 0.000000154. The monoisotopic (exact) mass is 684 g/mol. The summed E-state index contributed by atoms with van der Waals surface area (Å²) in [6, 6.07) is 40.8. The fraction of sp³-hybridized carbons (Fsp3) is 0.0244. The predicted octanol–water partition coefficient (Wildman–Crippen LogP) is 11.4. The number of methoxy groups -OCH3 is 1. The fourth-order valence-corrected chi connectivity index (χ4v) is 6.35. The average molecular weight is 686 g/mol. The summed E-state index contributed by atoms with van der Waals surface area (Å²) in [6.45, 7) is 0. The highest BCUT2D eigenvalue weighted by atomic mass is 35.5. The van der Waals surface area contributed by atoms with Gasteiger partial charge in [-0.3, -0.25) is 0 Å². The fourth-order valence-electron chi connectivity index (χ4n) is 6.00. The summed E-state index contributed by atoms with van der Waals surface area (Å²) in [5.41, 5.74) is 10.0. The Morgan fingerprint density at radius 1 is 0.449 bits per heavy atom. The topological polar surface area (TPSA) is 102 Å². The molecular weight excluding hydrogens is 655 g/mol. The Bertz CT molecular complexity index is 2400. The third-order valence-electron chi connectivity index (χ3n) is 8.37. The second-order valence-corrected chi connectivity index (χ2v) is 12.4. The third kappa shape index (κ3) is 6.52. The first-order valence-corrected chi connectivity index (χ1v) is 16.2. The number of rotatable bonds is 5. The maximum atomic E-state index is 9.58. The standard InChI is InChI=1S/C21H16ClNO2.C20H14ClNO2/c1-25-17-9-4-13(5-10-17)20-18-12-15(22)6-11-19(18)23-21(20)14-2-7-16(24)8-3-14;21-14-5-10-18-17(11-14)19(12-1-6-15(23)7-2-12)20(22-18)13-3-8-16(24)9-4-13/h2-12,23-24H,1H3;1-11,22-24H. The summed E-state index contributed by atoms with van der Waals surface area (Å²) in [4.78, 5) is 6.92. The van der Waals surface area contributed by atoms with E-state index in [-0.39, 0.29) is 17.2 Å². The van der Waals surface area contributed by atoms with Crippen molar-refractivity contribution in [1.82, 2.24) is 9.97 Å². The molecule has 242 valence electrons. The lowest BCUT2D eigenvalue weighted by Crippen LogP contribution is -1.85. The van der Waals surface area contributed by atoms with E-state index in [1.807, 2.05) is 97.1 Å². The van der Waals surface area contributed by atoms with Crippen LogP contribution in [0.25, 0.3) is 66.6 Å². The van der Waals surface area contributed by atoms with Crippen molar-refractivity contribution in [2.45, 2.75) is 0 Å². The minimum absolute atomic E-state index is 0.225. The Morgan fingerprint density at radius 3 is 1.16 bits per heavy atom. The van der Waals surface area contributed by atoms with Crippen molar-refractivity contribution in [3.05, 3.63) is 144 Å². The lowest BCUT2D eigenvalue weighted by molar-refractivity contribution is 0.415. The van der Waals surface area contributed by atoms with Crippen molar-refractivity contribution in [1.29, 1.82) is 0 Å². The number of benzene rings is 6. The maximum absolute atomic E-state index is 9.58. The molecule has 2 aromatic heterocycles. The van der Waals surface area contributed by atoms with E-state index in [1.165, 1.54) is 0 Å². The zero-order valence-corrected chi connectivity index (χ0v) is 27.7. The number of fused-ring (bicyclic) bond motifs is 2. The number of aromatic hydroxyl groups is 3. The summed E-state index contributed by atoms with van der Waals surface area (Å²) < 4.78 is 5.26. The van der Waals surface area contributed by atoms with Crippen LogP contribution in [0.5, 0.6) is 23.0 Å². The summed E-state index contributed by atoms with van der Waals surface area (Å²) in [5, 5.41) is 32.1. The van der Waals surface area contributed by atoms with Gasteiger partial charge in [-0.2, -0.15) is 0 Å². The van der Waals surface area contributed by atoms with Crippen molar-refractivity contribution in [2.75, 3.05) is 7.11 Å². The highest BCUT2D eigenvalue weighted by Crippen LogP contribution is 2.41. The van der Waals surface area contributed by atoms with Crippen LogP contribution in [-0.4, -0.2) is 32.4 Å². The van der Waals surface area contributed by atoms with Crippen LogP contribution in [0, 0.1) is 0 Å². The molecule has 0 radical (unpaired) electrons. The predicted molar refractivity (Wildman–Crippen MR) is 200 cm³/mol. The van der Waals surface area contributed by atoms with Gasteiger partial charge in [0.05, 0.1) is 18.5 Å². The molecule has 6 aromatic carbocycles. The molecule has 5 N–H and O–H groups in total. The van der Waals surface area contributed by atoms with Crippen LogP contribution in [0.15, 0.2) is 133 Å². The molecule has 0 saturated carbocycles. The highest BCUT2D eigenvalue weighted by Gasteiger charge is 2.17. The van der Waals surface area contributed by atoms with E-state index in [0.29, 0.717) is 10.0 Å². The van der Waals surface area contributed by atoms with Crippen LogP contribution in [0.3, 0.4) is 0 Å². The van der Waals surface area contributed by atoms with Crippen molar-refractivity contribution >= 4 is 45.0 Å². The van der Waals surface area contributed by atoms with E-state index >= 15 is 0 Å². The minimum Gasteiger partial charge on any atom is -0.508 e. The lowest BCUT2D eigenvalue weighted by atomic mass is 9.98. The first kappa shape index (κ1) is 31.8. The van der Waals surface area contributed by atoms with Crippen LogP contribution < -0.4 is 4.74 Å². The molecule has 0 amide bonds. The van der Waals surface area contributed by atoms with Crippen molar-refractivity contribution < 1.29 is 20.1 Å². The molecule has 0 aliphatic rings. The van der Waals surface area contributed by atoms with Crippen molar-refractivity contribution in [3.8, 4) is 67.8 Å². The van der Waals surface area contributed by atoms with Gasteiger partial charge in [0.25, 0.3) is 0 Å². The third-order valence-corrected chi connectivity index (χ3v) is 8.84. The second-order valence-electron chi connectivity index (χ2n) is 11.5. The molecule has 2 heterocycles. The Hall–Kier alpha value is -5.82. The number of nitrogens with one attached hydrogen (secondary N) is 2. The molecule has 49 heavy (non-hydrogen) atoms.